The number of ether oxygens (including phenoxy) is 2. The maximum atomic E-state index is 13.4. The molecule has 0 amide bonds. The number of hydrogen-bond acceptors (Lipinski definition) is 8. The number of methoxy groups -OCH3 is 2. The van der Waals surface area contributed by atoms with Crippen LogP contribution in [-0.4, -0.2) is 39.2 Å². The molecule has 0 radical (unpaired) electrons. The fourth-order valence-electron chi connectivity index (χ4n) is 5.15. The Morgan fingerprint density at radius 3 is 2.41 bits per heavy atom. The third-order valence-electron chi connectivity index (χ3n) is 6.79. The maximum Gasteiger partial charge on any atom is 0.355 e. The molecule has 0 spiro atoms. The number of nitriles is 1. The molecule has 0 bridgehead atoms. The van der Waals surface area contributed by atoms with Crippen LogP contribution in [-0.2, 0) is 19.1 Å². The molecule has 2 unspecified atom stereocenters. The van der Waals surface area contributed by atoms with Gasteiger partial charge in [0.1, 0.15) is 11.5 Å². The summed E-state index contributed by atoms with van der Waals surface area (Å²) in [5, 5.41) is 10.7. The van der Waals surface area contributed by atoms with E-state index in [0.717, 1.165) is 25.9 Å². The molecule has 2 heterocycles. The summed E-state index contributed by atoms with van der Waals surface area (Å²) in [6.45, 7) is 3.69. The number of halogens is 1. The zero-order valence-corrected chi connectivity index (χ0v) is 21.8. The molecule has 9 heteroatoms. The third kappa shape index (κ3) is 4.75. The van der Waals surface area contributed by atoms with Crippen LogP contribution in [0.25, 0.3) is 0 Å². The van der Waals surface area contributed by atoms with Crippen molar-refractivity contribution in [3.05, 3.63) is 81.8 Å². The molecule has 1 fully saturated rings. The lowest BCUT2D eigenvalue weighted by atomic mass is 9.81. The van der Waals surface area contributed by atoms with E-state index >= 15 is 0 Å². The fourth-order valence-corrected chi connectivity index (χ4v) is 5.44. The summed E-state index contributed by atoms with van der Waals surface area (Å²) in [5.74, 6) is -2.04. The first-order valence-electron chi connectivity index (χ1n) is 12.0. The van der Waals surface area contributed by atoms with Crippen molar-refractivity contribution in [2.24, 2.45) is 11.7 Å². The number of nitrogens with two attached hydrogens (primary N) is 1. The molecule has 2 aliphatic heterocycles. The maximum absolute atomic E-state index is 13.4. The van der Waals surface area contributed by atoms with Gasteiger partial charge in [-0.25, -0.2) is 9.59 Å². The van der Waals surface area contributed by atoms with Crippen LogP contribution in [0.1, 0.15) is 31.2 Å². The van der Waals surface area contributed by atoms with E-state index in [0.29, 0.717) is 27.9 Å². The molecular weight excluding hydrogens is 492 g/mol. The van der Waals surface area contributed by atoms with E-state index in [2.05, 4.69) is 17.9 Å². The van der Waals surface area contributed by atoms with Crippen LogP contribution in [0.3, 0.4) is 0 Å². The predicted octanol–water partition coefficient (Wildman–Crippen LogP) is 4.47. The second-order valence-corrected chi connectivity index (χ2v) is 9.54. The smallest absolute Gasteiger partial charge is 0.355 e. The topological polar surface area (TPSA) is 109 Å². The van der Waals surface area contributed by atoms with Gasteiger partial charge in [-0.15, -0.1) is 0 Å². The highest BCUT2D eigenvalue weighted by Crippen LogP contribution is 2.47. The SMILES string of the molecule is COC(=O)C1=C(C(=O)OC)N(c2cccc(Cl)c2N2CCCC(C)C2)C(N)=C(C#N)C1c1ccccc1. The number of anilines is 2. The van der Waals surface area contributed by atoms with Crippen molar-refractivity contribution in [2.45, 2.75) is 25.7 Å². The van der Waals surface area contributed by atoms with Crippen LogP contribution in [0.2, 0.25) is 5.02 Å². The van der Waals surface area contributed by atoms with Crippen molar-refractivity contribution in [2.75, 3.05) is 37.1 Å². The van der Waals surface area contributed by atoms with E-state index in [4.69, 9.17) is 26.8 Å². The summed E-state index contributed by atoms with van der Waals surface area (Å²) >= 11 is 6.75. The van der Waals surface area contributed by atoms with Gasteiger partial charge in [-0.3, -0.25) is 4.90 Å². The van der Waals surface area contributed by atoms with Crippen molar-refractivity contribution < 1.29 is 19.1 Å². The molecule has 192 valence electrons. The minimum atomic E-state index is -0.929. The Morgan fingerprint density at radius 2 is 1.78 bits per heavy atom. The van der Waals surface area contributed by atoms with Gasteiger partial charge in [0.05, 0.1) is 53.8 Å². The number of carbonyl (C=O) groups is 2. The predicted molar refractivity (Wildman–Crippen MR) is 142 cm³/mol. The van der Waals surface area contributed by atoms with Crippen molar-refractivity contribution in [1.29, 1.82) is 5.26 Å². The molecule has 0 aliphatic carbocycles. The molecule has 2 aromatic rings. The number of nitrogens with zero attached hydrogens (tertiary/aromatic N) is 3. The quantitative estimate of drug-likeness (QED) is 0.575. The lowest BCUT2D eigenvalue weighted by Crippen LogP contribution is -2.42. The van der Waals surface area contributed by atoms with Crippen molar-refractivity contribution in [3.8, 4) is 6.07 Å². The average Bonchev–Trinajstić information content (AvgIpc) is 2.91. The number of allylic oxidation sites excluding steroid dienone is 1. The molecule has 8 nitrogen and oxygen atoms in total. The zero-order chi connectivity index (χ0) is 26.7. The summed E-state index contributed by atoms with van der Waals surface area (Å²) < 4.78 is 10.3. The minimum Gasteiger partial charge on any atom is -0.466 e. The van der Waals surface area contributed by atoms with Crippen LogP contribution in [0.15, 0.2) is 71.2 Å². The standard InChI is InChI=1S/C28H29ClN4O4/c1-17-9-8-14-32(16-17)24-20(29)12-7-13-21(24)33-25(28(35)37-3)23(27(34)36-2)22(19(15-30)26(33)31)18-10-5-4-6-11-18/h4-7,10-13,17,22H,8-9,14,16,31H2,1-3H3. The first-order chi connectivity index (χ1) is 17.8. The molecule has 2 aliphatic rings. The Kier molecular flexibility index (Phi) is 7.74. The Hall–Kier alpha value is -3.96. The first kappa shape index (κ1) is 26.1. The van der Waals surface area contributed by atoms with Gasteiger partial charge < -0.3 is 20.1 Å². The van der Waals surface area contributed by atoms with Gasteiger partial charge in [-0.1, -0.05) is 54.9 Å². The van der Waals surface area contributed by atoms with Crippen molar-refractivity contribution in [3.63, 3.8) is 0 Å². The van der Waals surface area contributed by atoms with E-state index in [-0.39, 0.29) is 22.7 Å². The first-order valence-corrected chi connectivity index (χ1v) is 12.4. The molecule has 0 saturated carbocycles. The largest absolute Gasteiger partial charge is 0.466 e. The molecule has 1 saturated heterocycles. The molecule has 37 heavy (non-hydrogen) atoms. The van der Waals surface area contributed by atoms with Crippen LogP contribution < -0.4 is 15.5 Å². The highest BCUT2D eigenvalue weighted by Gasteiger charge is 2.44. The Morgan fingerprint density at radius 1 is 1.08 bits per heavy atom. The van der Waals surface area contributed by atoms with E-state index in [1.807, 2.05) is 6.07 Å². The lowest BCUT2D eigenvalue weighted by molar-refractivity contribution is -0.139. The Balaban J connectivity index is 2.05. The van der Waals surface area contributed by atoms with Gasteiger partial charge in [-0.2, -0.15) is 5.26 Å². The molecule has 2 aromatic carbocycles. The Bertz CT molecular complexity index is 1320. The molecule has 2 N–H and O–H groups in total. The third-order valence-corrected chi connectivity index (χ3v) is 7.09. The van der Waals surface area contributed by atoms with Gasteiger partial charge >= 0.3 is 11.9 Å². The summed E-state index contributed by atoms with van der Waals surface area (Å²) in [4.78, 5) is 30.3. The molecule has 0 aromatic heterocycles. The number of esters is 2. The van der Waals surface area contributed by atoms with E-state index < -0.39 is 17.9 Å². The second kappa shape index (κ2) is 11.0. The highest BCUT2D eigenvalue weighted by molar-refractivity contribution is 6.34. The molecule has 2 atom stereocenters. The molecular formula is C28H29ClN4O4. The summed E-state index contributed by atoms with van der Waals surface area (Å²) in [5.41, 5.74) is 8.39. The van der Waals surface area contributed by atoms with Gasteiger partial charge in [0.25, 0.3) is 0 Å². The van der Waals surface area contributed by atoms with Gasteiger partial charge in [-0.05, 0) is 36.5 Å². The zero-order valence-electron chi connectivity index (χ0n) is 21.0. The highest BCUT2D eigenvalue weighted by atomic mass is 35.5. The monoisotopic (exact) mass is 520 g/mol. The number of benzene rings is 2. The number of hydrogen-bond donors (Lipinski definition) is 1. The number of rotatable bonds is 5. The summed E-state index contributed by atoms with van der Waals surface area (Å²) in [6, 6.07) is 16.4. The van der Waals surface area contributed by atoms with Crippen LogP contribution in [0.5, 0.6) is 0 Å². The van der Waals surface area contributed by atoms with Crippen molar-refractivity contribution >= 4 is 34.9 Å². The van der Waals surface area contributed by atoms with Crippen molar-refractivity contribution in [1.82, 2.24) is 0 Å². The second-order valence-electron chi connectivity index (χ2n) is 9.14. The average molecular weight is 521 g/mol. The molecule has 4 rings (SSSR count). The van der Waals surface area contributed by atoms with Gasteiger partial charge in [0, 0.05) is 13.1 Å². The number of carbonyl (C=O) groups excluding carboxylic acids is 2. The van der Waals surface area contributed by atoms with Crippen LogP contribution in [0.4, 0.5) is 11.4 Å². The fraction of sp³-hybridized carbons (Fsp3) is 0.321. The summed E-state index contributed by atoms with van der Waals surface area (Å²) in [7, 11) is 2.45. The van der Waals surface area contributed by atoms with Gasteiger partial charge in [0.2, 0.25) is 0 Å². The lowest BCUT2D eigenvalue weighted by Gasteiger charge is -2.40. The van der Waals surface area contributed by atoms with E-state index in [9.17, 15) is 14.9 Å². The van der Waals surface area contributed by atoms with Crippen LogP contribution >= 0.6 is 11.6 Å². The normalized spacial score (nSPS) is 20.0. The van der Waals surface area contributed by atoms with E-state index in [1.165, 1.54) is 19.1 Å². The minimum absolute atomic E-state index is 0.0120. The van der Waals surface area contributed by atoms with Gasteiger partial charge in [0.15, 0.2) is 0 Å². The van der Waals surface area contributed by atoms with E-state index in [1.54, 1.807) is 42.5 Å². The number of piperidine rings is 1. The Labute approximate surface area is 221 Å². The van der Waals surface area contributed by atoms with Crippen LogP contribution in [0, 0.1) is 17.2 Å². The number of para-hydroxylation sites is 1. The summed E-state index contributed by atoms with van der Waals surface area (Å²) in [6.07, 6.45) is 2.07.